The zero-order valence-corrected chi connectivity index (χ0v) is 16.6. The van der Waals surface area contributed by atoms with Gasteiger partial charge in [-0.2, -0.15) is 0 Å². The first-order chi connectivity index (χ1) is 11.7. The van der Waals surface area contributed by atoms with Gasteiger partial charge in [-0.3, -0.25) is 4.79 Å². The minimum absolute atomic E-state index is 0.207. The number of sulfone groups is 1. The van der Waals surface area contributed by atoms with Gasteiger partial charge >= 0.3 is 0 Å². The van der Waals surface area contributed by atoms with E-state index in [2.05, 4.69) is 10.3 Å². The molecule has 136 valence electrons. The summed E-state index contributed by atoms with van der Waals surface area (Å²) in [5.41, 5.74) is 3.13. The summed E-state index contributed by atoms with van der Waals surface area (Å²) in [6.07, 6.45) is 0.774. The van der Waals surface area contributed by atoms with E-state index >= 15 is 0 Å². The maximum atomic E-state index is 12.3. The Morgan fingerprint density at radius 1 is 1.32 bits per heavy atom. The van der Waals surface area contributed by atoms with Gasteiger partial charge in [-0.15, -0.1) is 11.3 Å². The van der Waals surface area contributed by atoms with Crippen molar-refractivity contribution in [3.05, 3.63) is 45.4 Å². The molecule has 1 heterocycles. The monoisotopic (exact) mass is 380 g/mol. The van der Waals surface area contributed by atoms with Gasteiger partial charge in [-0.1, -0.05) is 39.0 Å². The Hall–Kier alpha value is -1.73. The van der Waals surface area contributed by atoms with Crippen LogP contribution in [0.2, 0.25) is 0 Å². The van der Waals surface area contributed by atoms with Gasteiger partial charge < -0.3 is 5.32 Å². The second kappa shape index (κ2) is 8.10. The molecule has 25 heavy (non-hydrogen) atoms. The summed E-state index contributed by atoms with van der Waals surface area (Å²) in [4.78, 5) is 16.6. The number of rotatable bonds is 7. The Morgan fingerprint density at radius 2 is 2.04 bits per heavy atom. The summed E-state index contributed by atoms with van der Waals surface area (Å²) in [5, 5.41) is 5.42. The summed E-state index contributed by atoms with van der Waals surface area (Å²) in [6, 6.07) is 5.78. The number of nitrogens with zero attached hydrogens (tertiary/aromatic N) is 1. The number of hydrogen-bond acceptors (Lipinski definition) is 5. The summed E-state index contributed by atoms with van der Waals surface area (Å²) >= 11 is 1.44. The van der Waals surface area contributed by atoms with Gasteiger partial charge in [0.1, 0.15) is 5.75 Å². The van der Waals surface area contributed by atoms with Gasteiger partial charge in [0.15, 0.2) is 9.84 Å². The molecule has 0 unspecified atom stereocenters. The minimum atomic E-state index is -3.56. The van der Waals surface area contributed by atoms with Crippen LogP contribution in [0, 0.1) is 6.92 Å². The van der Waals surface area contributed by atoms with E-state index in [1.807, 2.05) is 45.9 Å². The number of benzene rings is 1. The van der Waals surface area contributed by atoms with Crippen molar-refractivity contribution in [2.45, 2.75) is 45.8 Å². The number of aromatic nitrogens is 1. The number of hydrogen-bond donors (Lipinski definition) is 1. The molecule has 0 aliphatic carbocycles. The summed E-state index contributed by atoms with van der Waals surface area (Å²) in [7, 11) is -3.56. The van der Waals surface area contributed by atoms with Crippen LogP contribution in [0.1, 0.15) is 48.5 Å². The average molecular weight is 381 g/mol. The van der Waals surface area contributed by atoms with E-state index in [-0.39, 0.29) is 11.7 Å². The van der Waals surface area contributed by atoms with Crippen molar-refractivity contribution in [2.24, 2.45) is 0 Å². The van der Waals surface area contributed by atoms with E-state index in [4.69, 9.17) is 0 Å². The zero-order chi connectivity index (χ0) is 18.6. The fourth-order valence-corrected chi connectivity index (χ4v) is 4.59. The number of para-hydroxylation sites is 1. The lowest BCUT2D eigenvalue weighted by Gasteiger charge is -2.16. The highest BCUT2D eigenvalue weighted by Gasteiger charge is 2.20. The summed E-state index contributed by atoms with van der Waals surface area (Å²) < 4.78 is 24.6. The second-order valence-corrected chi connectivity index (χ2v) is 9.37. The molecule has 0 spiro atoms. The molecule has 1 aromatic carbocycles. The molecular formula is C18H24N2O3S2. The first kappa shape index (κ1) is 19.6. The molecule has 0 aliphatic heterocycles. The Balaban J connectivity index is 2.09. The molecule has 1 aromatic heterocycles. The van der Waals surface area contributed by atoms with Crippen molar-refractivity contribution < 1.29 is 13.2 Å². The number of anilines is 1. The van der Waals surface area contributed by atoms with Crippen molar-refractivity contribution in [3.63, 3.8) is 0 Å². The van der Waals surface area contributed by atoms with E-state index in [1.54, 1.807) is 5.38 Å². The fraction of sp³-hybridized carbons (Fsp3) is 0.444. The van der Waals surface area contributed by atoms with Crippen molar-refractivity contribution in [3.8, 4) is 0 Å². The van der Waals surface area contributed by atoms with E-state index < -0.39 is 21.5 Å². The van der Waals surface area contributed by atoms with Crippen LogP contribution < -0.4 is 5.32 Å². The van der Waals surface area contributed by atoms with Crippen LogP contribution in [0.4, 0.5) is 5.69 Å². The number of carbonyl (C=O) groups is 1. The maximum Gasteiger partial charge on any atom is 0.239 e. The topological polar surface area (TPSA) is 76.1 Å². The lowest BCUT2D eigenvalue weighted by molar-refractivity contribution is -0.113. The number of aryl methyl sites for hydroxylation is 2. The van der Waals surface area contributed by atoms with Gasteiger partial charge in [-0.05, 0) is 30.4 Å². The SMILES string of the molecule is CCc1nc(CS(=O)(=O)CC(=O)Nc2c(C)cccc2C(C)C)cs1. The third-order valence-corrected chi connectivity index (χ3v) is 6.29. The molecule has 0 atom stereocenters. The van der Waals surface area contributed by atoms with Gasteiger partial charge in [-0.25, -0.2) is 13.4 Å². The number of nitrogens with one attached hydrogen (secondary N) is 1. The maximum absolute atomic E-state index is 12.3. The minimum Gasteiger partial charge on any atom is -0.325 e. The van der Waals surface area contributed by atoms with E-state index in [0.717, 1.165) is 22.6 Å². The third-order valence-electron chi connectivity index (χ3n) is 3.81. The fourth-order valence-electron chi connectivity index (χ4n) is 2.57. The van der Waals surface area contributed by atoms with E-state index in [1.165, 1.54) is 11.3 Å². The molecule has 0 saturated carbocycles. The molecule has 0 radical (unpaired) electrons. The third kappa shape index (κ3) is 5.37. The van der Waals surface area contributed by atoms with Crippen molar-refractivity contribution in [1.82, 2.24) is 4.98 Å². The zero-order valence-electron chi connectivity index (χ0n) is 15.0. The normalized spacial score (nSPS) is 11.7. The van der Waals surface area contributed by atoms with Crippen LogP contribution in [0.25, 0.3) is 0 Å². The largest absolute Gasteiger partial charge is 0.325 e. The first-order valence-corrected chi connectivity index (χ1v) is 10.9. The average Bonchev–Trinajstić information content (AvgIpc) is 2.95. The van der Waals surface area contributed by atoms with Crippen LogP contribution in [0.5, 0.6) is 0 Å². The molecule has 0 bridgehead atoms. The molecule has 7 heteroatoms. The van der Waals surface area contributed by atoms with Crippen LogP contribution >= 0.6 is 11.3 Å². The highest BCUT2D eigenvalue weighted by Crippen LogP contribution is 2.27. The highest BCUT2D eigenvalue weighted by molar-refractivity contribution is 7.91. The predicted molar refractivity (Wildman–Crippen MR) is 103 cm³/mol. The molecule has 0 aliphatic rings. The molecule has 2 aromatic rings. The van der Waals surface area contributed by atoms with Crippen LogP contribution in [0.3, 0.4) is 0 Å². The standard InChI is InChI=1S/C18H24N2O3S2/c1-5-17-19-14(9-24-17)10-25(22,23)11-16(21)20-18-13(4)7-6-8-15(18)12(2)3/h6-9,12H,5,10-11H2,1-4H3,(H,20,21). The molecule has 1 amide bonds. The van der Waals surface area contributed by atoms with Crippen LogP contribution in [-0.4, -0.2) is 25.1 Å². The first-order valence-electron chi connectivity index (χ1n) is 8.25. The van der Waals surface area contributed by atoms with E-state index in [0.29, 0.717) is 11.4 Å². The summed E-state index contributed by atoms with van der Waals surface area (Å²) in [5.74, 6) is -1.03. The Kier molecular flexibility index (Phi) is 6.35. The quantitative estimate of drug-likeness (QED) is 0.795. The van der Waals surface area contributed by atoms with Gasteiger partial charge in [0.05, 0.1) is 16.5 Å². The molecule has 5 nitrogen and oxygen atoms in total. The summed E-state index contributed by atoms with van der Waals surface area (Å²) in [6.45, 7) is 7.94. The lowest BCUT2D eigenvalue weighted by Crippen LogP contribution is -2.25. The van der Waals surface area contributed by atoms with Gasteiger partial charge in [0, 0.05) is 11.1 Å². The molecule has 0 saturated heterocycles. The van der Waals surface area contributed by atoms with Crippen molar-refractivity contribution >= 4 is 32.8 Å². The molecule has 2 rings (SSSR count). The molecule has 1 N–H and O–H groups in total. The second-order valence-electron chi connectivity index (χ2n) is 6.36. The highest BCUT2D eigenvalue weighted by atomic mass is 32.2. The Labute approximate surface area is 153 Å². The Bertz CT molecular complexity index is 855. The van der Waals surface area contributed by atoms with Crippen LogP contribution in [-0.2, 0) is 26.8 Å². The number of thiazole rings is 1. The number of amides is 1. The van der Waals surface area contributed by atoms with Gasteiger partial charge in [0.25, 0.3) is 0 Å². The van der Waals surface area contributed by atoms with Crippen LogP contribution in [0.15, 0.2) is 23.6 Å². The molecular weight excluding hydrogens is 356 g/mol. The smallest absolute Gasteiger partial charge is 0.239 e. The molecule has 0 fully saturated rings. The van der Waals surface area contributed by atoms with Gasteiger partial charge in [0.2, 0.25) is 5.91 Å². The van der Waals surface area contributed by atoms with Crippen molar-refractivity contribution in [2.75, 3.05) is 11.1 Å². The van der Waals surface area contributed by atoms with Crippen molar-refractivity contribution in [1.29, 1.82) is 0 Å². The lowest BCUT2D eigenvalue weighted by atomic mass is 9.98. The number of carbonyl (C=O) groups excluding carboxylic acids is 1. The predicted octanol–water partition coefficient (Wildman–Crippen LogP) is 3.69. The Morgan fingerprint density at radius 3 is 2.64 bits per heavy atom. The van der Waals surface area contributed by atoms with E-state index in [9.17, 15) is 13.2 Å².